The molecule has 0 bridgehead atoms. The zero-order chi connectivity index (χ0) is 25.2. The summed E-state index contributed by atoms with van der Waals surface area (Å²) in [5.41, 5.74) is 0.834. The Balaban J connectivity index is 3.17. The molecule has 32 heavy (non-hydrogen) atoms. The second-order valence-corrected chi connectivity index (χ2v) is 10.4. The van der Waals surface area contributed by atoms with E-state index in [0.29, 0.717) is 13.3 Å². The number of nitrogen functional groups attached to an aromatic ring is 1. The Kier molecular flexibility index (Phi) is 9.30. The molecular formula is C10H17ClF2N3O13P3. The molecule has 0 aliphatic heterocycles. The molecule has 1 rings (SSSR count). The summed E-state index contributed by atoms with van der Waals surface area (Å²) < 4.78 is 78.8. The van der Waals surface area contributed by atoms with Gasteiger partial charge >= 0.3 is 35.2 Å². The minimum Gasteiger partial charge on any atom is -0.383 e. The van der Waals surface area contributed by atoms with Gasteiger partial charge in [0, 0.05) is 13.3 Å². The summed E-state index contributed by atoms with van der Waals surface area (Å²) >= 11 is 5.56. The molecule has 0 saturated heterocycles. The zero-order valence-corrected chi connectivity index (χ0v) is 19.0. The van der Waals surface area contributed by atoms with Gasteiger partial charge < -0.3 is 35.2 Å². The smallest absolute Gasteiger partial charge is 0.383 e. The molecule has 0 spiro atoms. The summed E-state index contributed by atoms with van der Waals surface area (Å²) in [5.74, 6) is -1.49. The lowest BCUT2D eigenvalue weighted by Crippen LogP contribution is -2.60. The first kappa shape index (κ1) is 29.2. The van der Waals surface area contributed by atoms with E-state index >= 15 is 0 Å². The molecule has 22 heteroatoms. The van der Waals surface area contributed by atoms with Gasteiger partial charge in [-0.1, -0.05) is 0 Å². The number of nitrogens with two attached hydrogens (primary N) is 1. The number of rotatable bonds is 12. The minimum atomic E-state index is -5.90. The maximum absolute atomic E-state index is 14.8. The fourth-order valence-electron chi connectivity index (χ4n) is 2.00. The van der Waals surface area contributed by atoms with Gasteiger partial charge in [0.1, 0.15) is 11.4 Å². The van der Waals surface area contributed by atoms with Crippen LogP contribution in [0.5, 0.6) is 0 Å². The quantitative estimate of drug-likeness (QED) is 0.143. The van der Waals surface area contributed by atoms with Crippen molar-refractivity contribution in [3.63, 3.8) is 0 Å². The average Bonchev–Trinajstić information content (AvgIpc) is 2.59. The number of halogens is 3. The van der Waals surface area contributed by atoms with Gasteiger partial charge in [-0.05, 0) is 6.07 Å². The third-order valence-corrected chi connectivity index (χ3v) is 7.73. The zero-order valence-electron chi connectivity index (χ0n) is 15.6. The van der Waals surface area contributed by atoms with Gasteiger partial charge in [-0.3, -0.25) is 4.52 Å². The fourth-order valence-corrected chi connectivity index (χ4v) is 5.41. The number of phosphoric ester groups is 1. The van der Waals surface area contributed by atoms with Crippen LogP contribution in [-0.2, 0) is 37.6 Å². The van der Waals surface area contributed by atoms with E-state index in [4.69, 9.17) is 36.8 Å². The number of phosphoric acid groups is 3. The molecule has 0 fully saturated rings. The second kappa shape index (κ2) is 10.2. The number of nitrogens with zero attached hydrogens (tertiary/aromatic N) is 2. The Bertz CT molecular complexity index is 1020. The van der Waals surface area contributed by atoms with Gasteiger partial charge in [0.2, 0.25) is 0 Å². The predicted molar refractivity (Wildman–Crippen MR) is 99.4 cm³/mol. The van der Waals surface area contributed by atoms with Crippen molar-refractivity contribution in [2.24, 2.45) is 0 Å². The van der Waals surface area contributed by atoms with E-state index in [-0.39, 0.29) is 4.57 Å². The molecule has 2 unspecified atom stereocenters. The number of aliphatic hydroxyl groups is 1. The van der Waals surface area contributed by atoms with E-state index < -0.39 is 65.2 Å². The summed E-state index contributed by atoms with van der Waals surface area (Å²) in [7, 11) is -16.6. The molecule has 16 nitrogen and oxygen atoms in total. The number of anilines is 1. The molecule has 7 N–H and O–H groups in total. The van der Waals surface area contributed by atoms with E-state index in [1.807, 2.05) is 0 Å². The van der Waals surface area contributed by atoms with Crippen LogP contribution in [0.15, 0.2) is 17.1 Å². The van der Waals surface area contributed by atoms with Crippen molar-refractivity contribution in [3.8, 4) is 0 Å². The summed E-state index contributed by atoms with van der Waals surface area (Å²) in [6.45, 7) is -1.54. The Morgan fingerprint density at radius 2 is 1.78 bits per heavy atom. The fraction of sp³-hybridized carbons (Fsp3) is 0.600. The summed E-state index contributed by atoms with van der Waals surface area (Å²) in [6, 6.07) is -3.73. The summed E-state index contributed by atoms with van der Waals surface area (Å²) in [5, 5.41) is 10.2. The average molecular weight is 554 g/mol. The molecule has 0 saturated carbocycles. The topological polar surface area (TPSA) is 250 Å². The van der Waals surface area contributed by atoms with Gasteiger partial charge in [0.05, 0.1) is 12.5 Å². The number of aliphatic hydroxyl groups excluding tert-OH is 1. The van der Waals surface area contributed by atoms with Gasteiger partial charge in [0.15, 0.2) is 6.10 Å². The molecule has 0 amide bonds. The number of hydrogen-bond donors (Lipinski definition) is 6. The number of hydrogen-bond acceptors (Lipinski definition) is 11. The highest BCUT2D eigenvalue weighted by Gasteiger charge is 2.56. The number of methoxy groups -OCH3 is 1. The Labute approximate surface area is 181 Å². The lowest BCUT2D eigenvalue weighted by molar-refractivity contribution is -0.245. The van der Waals surface area contributed by atoms with Gasteiger partial charge in [-0.15, -0.1) is 11.6 Å². The Morgan fingerprint density at radius 1 is 1.22 bits per heavy atom. The third-order valence-electron chi connectivity index (χ3n) is 3.49. The maximum Gasteiger partial charge on any atom is 0.490 e. The predicted octanol–water partition coefficient (Wildman–Crippen LogP) is -0.297. The molecule has 0 aliphatic carbocycles. The lowest BCUT2D eigenvalue weighted by atomic mass is 9.97. The SMILES string of the molecule is CO[C@](CCl)(COP(=O)(O)OP(=O)(O)OP(=O)(O)O)[C@@H](O)C(F)(F)n1ccc(N)nc1=O. The first-order valence-corrected chi connectivity index (χ1v) is 12.7. The molecule has 186 valence electrons. The first-order chi connectivity index (χ1) is 14.3. The first-order valence-electron chi connectivity index (χ1n) is 7.62. The van der Waals surface area contributed by atoms with Crippen LogP contribution < -0.4 is 11.4 Å². The normalized spacial score (nSPS) is 19.5. The third kappa shape index (κ3) is 7.60. The van der Waals surface area contributed by atoms with Crippen LogP contribution in [0.3, 0.4) is 0 Å². The largest absolute Gasteiger partial charge is 0.490 e. The minimum absolute atomic E-state index is 0.348. The monoisotopic (exact) mass is 553 g/mol. The molecule has 1 aromatic heterocycles. The van der Waals surface area contributed by atoms with Crippen molar-refractivity contribution in [1.29, 1.82) is 0 Å². The number of alkyl halides is 3. The number of aromatic nitrogens is 2. The number of ether oxygens (including phenoxy) is 1. The molecule has 0 aromatic carbocycles. The van der Waals surface area contributed by atoms with Gasteiger partial charge in [-0.2, -0.15) is 22.4 Å². The highest BCUT2D eigenvalue weighted by Crippen LogP contribution is 2.66. The standard InChI is InChI=1S/C10H17ClF2N3O13P3/c1-26-9(4-11,5-27-31(22,23)29-32(24,25)28-30(19,20)21)7(17)10(12,13)16-3-2-6(14)15-8(16)18/h2-3,7,17H,4-5H2,1H3,(H,22,23)(H,24,25)(H2,14,15,18)(H2,19,20,21)/t7-,9-/m1/s1. The van der Waals surface area contributed by atoms with Crippen LogP contribution in [0.25, 0.3) is 0 Å². The van der Waals surface area contributed by atoms with E-state index in [1.165, 1.54) is 0 Å². The van der Waals surface area contributed by atoms with Crippen LogP contribution in [0.2, 0.25) is 0 Å². The molecule has 0 radical (unpaired) electrons. The van der Waals surface area contributed by atoms with Crippen molar-refractivity contribution in [2.75, 3.05) is 25.3 Å². The highest BCUT2D eigenvalue weighted by molar-refractivity contribution is 7.66. The van der Waals surface area contributed by atoms with E-state index in [9.17, 15) is 37.3 Å². The maximum atomic E-state index is 14.8. The van der Waals surface area contributed by atoms with Crippen LogP contribution in [0.4, 0.5) is 14.6 Å². The van der Waals surface area contributed by atoms with Crippen LogP contribution >= 0.6 is 35.1 Å². The van der Waals surface area contributed by atoms with Gasteiger partial charge in [0.25, 0.3) is 0 Å². The van der Waals surface area contributed by atoms with Crippen molar-refractivity contribution in [1.82, 2.24) is 9.55 Å². The lowest BCUT2D eigenvalue weighted by Gasteiger charge is -2.38. The highest BCUT2D eigenvalue weighted by atomic mass is 35.5. The van der Waals surface area contributed by atoms with E-state index in [2.05, 4.69) is 18.1 Å². The van der Waals surface area contributed by atoms with Crippen molar-refractivity contribution in [2.45, 2.75) is 17.8 Å². The summed E-state index contributed by atoms with van der Waals surface area (Å²) in [6.07, 6.45) is -2.60. The molecule has 1 aromatic rings. The molecule has 1 heterocycles. The van der Waals surface area contributed by atoms with Crippen LogP contribution in [0.1, 0.15) is 0 Å². The van der Waals surface area contributed by atoms with Crippen LogP contribution in [0, 0.1) is 0 Å². The van der Waals surface area contributed by atoms with Crippen molar-refractivity contribution in [3.05, 3.63) is 22.7 Å². The van der Waals surface area contributed by atoms with E-state index in [1.54, 1.807) is 0 Å². The Morgan fingerprint density at radius 3 is 2.22 bits per heavy atom. The van der Waals surface area contributed by atoms with Crippen LogP contribution in [-0.4, -0.2) is 65.5 Å². The van der Waals surface area contributed by atoms with E-state index in [0.717, 1.165) is 6.07 Å². The molecule has 4 atom stereocenters. The Hall–Kier alpha value is -0.840. The molecule has 0 aliphatic rings. The van der Waals surface area contributed by atoms with Gasteiger partial charge in [-0.25, -0.2) is 23.1 Å². The molecular weight excluding hydrogens is 536 g/mol. The second-order valence-electron chi connectivity index (χ2n) is 5.76. The van der Waals surface area contributed by atoms with Crippen molar-refractivity contribution < 1.29 is 65.0 Å². The van der Waals surface area contributed by atoms with Crippen molar-refractivity contribution >= 4 is 40.9 Å². The summed E-state index contributed by atoms with van der Waals surface area (Å²) in [4.78, 5) is 50.3.